The van der Waals surface area contributed by atoms with E-state index in [1.807, 2.05) is 35.8 Å². The van der Waals surface area contributed by atoms with E-state index in [2.05, 4.69) is 15.5 Å². The van der Waals surface area contributed by atoms with Gasteiger partial charge in [-0.3, -0.25) is 9.36 Å². The molecule has 1 amide bonds. The van der Waals surface area contributed by atoms with Gasteiger partial charge in [0.05, 0.1) is 12.9 Å². The molecule has 1 heterocycles. The fourth-order valence-corrected chi connectivity index (χ4v) is 4.27. The molecule has 0 atom stereocenters. The van der Waals surface area contributed by atoms with Gasteiger partial charge in [0.25, 0.3) is 0 Å². The Morgan fingerprint density at radius 3 is 2.48 bits per heavy atom. The number of benzene rings is 1. The molecule has 1 saturated carbocycles. The number of nitrogens with one attached hydrogen (secondary N) is 1. The van der Waals surface area contributed by atoms with Crippen molar-refractivity contribution in [2.45, 2.75) is 63.1 Å². The second kappa shape index (κ2) is 9.78. The van der Waals surface area contributed by atoms with E-state index in [0.717, 1.165) is 35.3 Å². The van der Waals surface area contributed by atoms with Crippen molar-refractivity contribution in [2.24, 2.45) is 0 Å². The van der Waals surface area contributed by atoms with Crippen LogP contribution >= 0.6 is 11.8 Å². The summed E-state index contributed by atoms with van der Waals surface area (Å²) in [5.41, 5.74) is 0.959. The average Bonchev–Trinajstić information content (AvgIpc) is 3.03. The molecule has 1 aromatic heterocycles. The largest absolute Gasteiger partial charge is 0.497 e. The van der Waals surface area contributed by atoms with E-state index in [9.17, 15) is 4.79 Å². The number of thioether (sulfide) groups is 1. The van der Waals surface area contributed by atoms with Gasteiger partial charge in [0.2, 0.25) is 5.91 Å². The molecule has 0 unspecified atom stereocenters. The highest BCUT2D eigenvalue weighted by Crippen LogP contribution is 2.24. The lowest BCUT2D eigenvalue weighted by molar-refractivity contribution is -0.119. The van der Waals surface area contributed by atoms with Gasteiger partial charge in [-0.2, -0.15) is 0 Å². The molecular weight excluding hydrogens is 360 g/mol. The van der Waals surface area contributed by atoms with Crippen LogP contribution in [0.5, 0.6) is 5.75 Å². The molecule has 1 aromatic carbocycles. The average molecular weight is 389 g/mol. The molecular formula is C20H28N4O2S. The Hall–Kier alpha value is -2.02. The van der Waals surface area contributed by atoms with Gasteiger partial charge >= 0.3 is 0 Å². The highest BCUT2D eigenvalue weighted by atomic mass is 32.2. The molecule has 146 valence electrons. The molecule has 1 aliphatic carbocycles. The molecule has 0 saturated heterocycles. The molecule has 7 heteroatoms. The normalized spacial score (nSPS) is 15.8. The Morgan fingerprint density at radius 2 is 1.81 bits per heavy atom. The molecule has 6 nitrogen and oxygen atoms in total. The summed E-state index contributed by atoms with van der Waals surface area (Å²) in [6.07, 6.45) is 8.51. The number of carbonyl (C=O) groups is 1. The standard InChI is InChI=1S/C20H28N4O2S/c1-15-22-23-20(24(15)17-10-12-18(26-2)13-11-17)27-14-19(25)21-16-8-6-4-3-5-7-9-16/h10-13,16H,3-9,14H2,1-2H3,(H,21,25). The number of methoxy groups -OCH3 is 1. The number of aromatic nitrogens is 3. The zero-order valence-electron chi connectivity index (χ0n) is 16.1. The maximum atomic E-state index is 12.4. The van der Waals surface area contributed by atoms with Crippen LogP contribution in [0.3, 0.4) is 0 Å². The molecule has 3 rings (SSSR count). The summed E-state index contributed by atoms with van der Waals surface area (Å²) in [5, 5.41) is 12.4. The van der Waals surface area contributed by atoms with Gasteiger partial charge in [-0.1, -0.05) is 43.9 Å². The lowest BCUT2D eigenvalue weighted by atomic mass is 9.97. The Bertz CT molecular complexity index is 737. The van der Waals surface area contributed by atoms with E-state index >= 15 is 0 Å². The second-order valence-corrected chi connectivity index (χ2v) is 7.90. The number of amides is 1. The van der Waals surface area contributed by atoms with Gasteiger partial charge in [0.15, 0.2) is 5.16 Å². The predicted molar refractivity (Wildman–Crippen MR) is 108 cm³/mol. The number of carbonyl (C=O) groups excluding carboxylic acids is 1. The summed E-state index contributed by atoms with van der Waals surface area (Å²) < 4.78 is 7.18. The Morgan fingerprint density at radius 1 is 1.15 bits per heavy atom. The van der Waals surface area contributed by atoms with Crippen molar-refractivity contribution in [2.75, 3.05) is 12.9 Å². The molecule has 2 aromatic rings. The predicted octanol–water partition coefficient (Wildman–Crippen LogP) is 3.91. The Kier molecular flexibility index (Phi) is 7.15. The van der Waals surface area contributed by atoms with Crippen LogP contribution < -0.4 is 10.1 Å². The third-order valence-electron chi connectivity index (χ3n) is 4.93. The van der Waals surface area contributed by atoms with Crippen molar-refractivity contribution in [3.8, 4) is 11.4 Å². The van der Waals surface area contributed by atoms with Gasteiger partial charge in [-0.15, -0.1) is 10.2 Å². The third kappa shape index (κ3) is 5.48. The first kappa shape index (κ1) is 19.7. The first-order valence-electron chi connectivity index (χ1n) is 9.66. The zero-order chi connectivity index (χ0) is 19.1. The van der Waals surface area contributed by atoms with Gasteiger partial charge < -0.3 is 10.1 Å². The van der Waals surface area contributed by atoms with Crippen LogP contribution in [0, 0.1) is 6.92 Å². The quantitative estimate of drug-likeness (QED) is 0.760. The summed E-state index contributed by atoms with van der Waals surface area (Å²) in [6.45, 7) is 1.91. The van der Waals surface area contributed by atoms with E-state index in [4.69, 9.17) is 4.74 Å². The number of rotatable bonds is 6. The molecule has 0 bridgehead atoms. The summed E-state index contributed by atoms with van der Waals surface area (Å²) in [5.74, 6) is 2.03. The van der Waals surface area contributed by atoms with Gasteiger partial charge in [0.1, 0.15) is 11.6 Å². The molecule has 1 N–H and O–H groups in total. The number of aryl methyl sites for hydroxylation is 1. The maximum absolute atomic E-state index is 12.4. The van der Waals surface area contributed by atoms with Crippen molar-refractivity contribution in [1.82, 2.24) is 20.1 Å². The monoisotopic (exact) mass is 388 g/mol. The minimum absolute atomic E-state index is 0.0764. The summed E-state index contributed by atoms with van der Waals surface area (Å²) in [7, 11) is 1.65. The minimum Gasteiger partial charge on any atom is -0.497 e. The van der Waals surface area contributed by atoms with Crippen LogP contribution in [0.1, 0.15) is 50.8 Å². The van der Waals surface area contributed by atoms with Crippen LogP contribution in [0.2, 0.25) is 0 Å². The molecule has 1 fully saturated rings. The first-order chi connectivity index (χ1) is 13.2. The van der Waals surface area contributed by atoms with Gasteiger partial charge in [-0.05, 0) is 44.0 Å². The van der Waals surface area contributed by atoms with E-state index in [1.54, 1.807) is 7.11 Å². The number of hydrogen-bond donors (Lipinski definition) is 1. The number of ether oxygens (including phenoxy) is 1. The number of hydrogen-bond acceptors (Lipinski definition) is 5. The second-order valence-electron chi connectivity index (χ2n) is 6.96. The van der Waals surface area contributed by atoms with Crippen molar-refractivity contribution >= 4 is 17.7 Å². The fraction of sp³-hybridized carbons (Fsp3) is 0.550. The molecule has 0 spiro atoms. The molecule has 1 aliphatic rings. The van der Waals surface area contributed by atoms with Gasteiger partial charge in [0, 0.05) is 11.7 Å². The van der Waals surface area contributed by atoms with Crippen molar-refractivity contribution in [1.29, 1.82) is 0 Å². The lowest BCUT2D eigenvalue weighted by Gasteiger charge is -2.20. The van der Waals surface area contributed by atoms with Crippen molar-refractivity contribution in [3.05, 3.63) is 30.1 Å². The Labute approximate surface area is 165 Å². The van der Waals surface area contributed by atoms with Crippen LogP contribution in [0.15, 0.2) is 29.4 Å². The van der Waals surface area contributed by atoms with E-state index in [1.165, 1.54) is 43.9 Å². The summed E-state index contributed by atoms with van der Waals surface area (Å²) >= 11 is 1.42. The van der Waals surface area contributed by atoms with Crippen LogP contribution in [-0.2, 0) is 4.79 Å². The zero-order valence-corrected chi connectivity index (χ0v) is 16.9. The minimum atomic E-state index is 0.0764. The van der Waals surface area contributed by atoms with E-state index < -0.39 is 0 Å². The highest BCUT2D eigenvalue weighted by molar-refractivity contribution is 7.99. The SMILES string of the molecule is COc1ccc(-n2c(C)nnc2SCC(=O)NC2CCCCCCC2)cc1. The Balaban J connectivity index is 1.60. The first-order valence-corrected chi connectivity index (χ1v) is 10.6. The fourth-order valence-electron chi connectivity index (χ4n) is 3.46. The third-order valence-corrected chi connectivity index (χ3v) is 5.86. The van der Waals surface area contributed by atoms with E-state index in [0.29, 0.717) is 11.8 Å². The topological polar surface area (TPSA) is 69.0 Å². The lowest BCUT2D eigenvalue weighted by Crippen LogP contribution is -2.36. The summed E-state index contributed by atoms with van der Waals surface area (Å²) in [4.78, 5) is 12.4. The maximum Gasteiger partial charge on any atom is 0.230 e. The smallest absolute Gasteiger partial charge is 0.230 e. The molecule has 27 heavy (non-hydrogen) atoms. The van der Waals surface area contributed by atoms with Crippen LogP contribution in [-0.4, -0.2) is 39.6 Å². The number of nitrogens with zero attached hydrogens (tertiary/aromatic N) is 3. The van der Waals surface area contributed by atoms with E-state index in [-0.39, 0.29) is 5.91 Å². The van der Waals surface area contributed by atoms with Crippen molar-refractivity contribution in [3.63, 3.8) is 0 Å². The molecule has 0 radical (unpaired) electrons. The van der Waals surface area contributed by atoms with Crippen LogP contribution in [0.25, 0.3) is 5.69 Å². The highest BCUT2D eigenvalue weighted by Gasteiger charge is 2.17. The van der Waals surface area contributed by atoms with Crippen molar-refractivity contribution < 1.29 is 9.53 Å². The summed E-state index contributed by atoms with van der Waals surface area (Å²) in [6, 6.07) is 8.07. The molecule has 0 aliphatic heterocycles. The van der Waals surface area contributed by atoms with Gasteiger partial charge in [-0.25, -0.2) is 0 Å². The van der Waals surface area contributed by atoms with Crippen LogP contribution in [0.4, 0.5) is 0 Å².